The van der Waals surface area contributed by atoms with E-state index >= 15 is 0 Å². The summed E-state index contributed by atoms with van der Waals surface area (Å²) in [7, 11) is 0. The van der Waals surface area contributed by atoms with Crippen molar-refractivity contribution in [3.63, 3.8) is 0 Å². The molecule has 0 radical (unpaired) electrons. The predicted molar refractivity (Wildman–Crippen MR) is 126 cm³/mol. The molecule has 1 saturated carbocycles. The van der Waals surface area contributed by atoms with E-state index in [1.807, 2.05) is 13.8 Å². The zero-order valence-electron chi connectivity index (χ0n) is 26.4. The minimum Gasteiger partial charge on any atom is -0.337 e. The van der Waals surface area contributed by atoms with E-state index in [0.717, 1.165) is 12.4 Å². The summed E-state index contributed by atoms with van der Waals surface area (Å²) in [4.78, 5) is 25.9. The maximum Gasteiger partial charge on any atom is 0.419 e. The van der Waals surface area contributed by atoms with Gasteiger partial charge < -0.3 is 15.1 Å². The minimum atomic E-state index is -4.52. The number of carbonyl (C=O) groups excluding carboxylic acids is 1. The SMILES string of the molecule is [2H]c1c([2H])c([2H])c(C([2H])([2H])N2CC3(CC(NC(=O)N4[C@H](C)CN(c5ncc(C(F)(F)F)cn5)C[C@@H]4C)C3)C2)c([2H])c1[2H]. The minimum absolute atomic E-state index is 0.123. The van der Waals surface area contributed by atoms with Gasteiger partial charge in [-0.1, -0.05) is 30.2 Å². The Morgan fingerprint density at radius 1 is 1.14 bits per heavy atom. The molecule has 2 atom stereocenters. The monoisotopic (exact) mass is 495 g/mol. The molecular formula is C25H31F3N6O. The molecule has 0 bridgehead atoms. The Morgan fingerprint density at radius 2 is 1.74 bits per heavy atom. The third kappa shape index (κ3) is 4.94. The van der Waals surface area contributed by atoms with E-state index in [1.165, 1.54) is 4.90 Å². The summed E-state index contributed by atoms with van der Waals surface area (Å²) in [6, 6.07) is -3.75. The standard InChI is InChI=1S/C25H31F3N6O/c1-17-12-33(22-29-10-20(11-30-22)25(26,27)28)13-18(2)34(17)23(35)31-21-8-24(9-21)15-32(16-24)14-19-6-4-3-5-7-19/h3-7,10-11,17-18,21H,8-9,12-16H2,1-2H3,(H,31,35)/t17-,18+/i3D,4D,5D,6D,7D,14D2. The van der Waals surface area contributed by atoms with Crippen molar-refractivity contribution in [1.29, 1.82) is 0 Å². The van der Waals surface area contributed by atoms with Gasteiger partial charge >= 0.3 is 12.2 Å². The maximum atomic E-state index is 13.2. The lowest BCUT2D eigenvalue weighted by Crippen LogP contribution is -2.68. The molecule has 7 nitrogen and oxygen atoms in total. The van der Waals surface area contributed by atoms with Crippen LogP contribution in [0.3, 0.4) is 0 Å². The van der Waals surface area contributed by atoms with Gasteiger partial charge in [-0.2, -0.15) is 13.2 Å². The van der Waals surface area contributed by atoms with Crippen LogP contribution in [0.25, 0.3) is 0 Å². The van der Waals surface area contributed by atoms with Crippen LogP contribution in [0.4, 0.5) is 23.9 Å². The van der Waals surface area contributed by atoms with E-state index in [9.17, 15) is 18.0 Å². The topological polar surface area (TPSA) is 64.6 Å². The van der Waals surface area contributed by atoms with Crippen LogP contribution in [-0.4, -0.2) is 70.1 Å². The van der Waals surface area contributed by atoms with Gasteiger partial charge in [-0.3, -0.25) is 4.90 Å². The number of hydrogen-bond donors (Lipinski definition) is 1. The molecule has 3 fully saturated rings. The highest BCUT2D eigenvalue weighted by Crippen LogP contribution is 2.48. The first-order valence-electron chi connectivity index (χ1n) is 15.0. The number of rotatable bonds is 4. The van der Waals surface area contributed by atoms with E-state index in [0.29, 0.717) is 39.0 Å². The molecule has 2 aromatic rings. The van der Waals surface area contributed by atoms with E-state index in [2.05, 4.69) is 15.3 Å². The molecule has 3 heterocycles. The predicted octanol–water partition coefficient (Wildman–Crippen LogP) is 3.77. The molecule has 188 valence electrons. The second kappa shape index (κ2) is 8.96. The summed E-state index contributed by atoms with van der Waals surface area (Å²) in [5.41, 5.74) is -1.53. The number of anilines is 1. The number of alkyl halides is 3. The lowest BCUT2D eigenvalue weighted by Gasteiger charge is -2.59. The summed E-state index contributed by atoms with van der Waals surface area (Å²) in [6.45, 7) is 2.78. The zero-order valence-corrected chi connectivity index (χ0v) is 19.4. The van der Waals surface area contributed by atoms with Crippen molar-refractivity contribution >= 4 is 12.0 Å². The van der Waals surface area contributed by atoms with Gasteiger partial charge in [0.2, 0.25) is 5.95 Å². The molecule has 1 aromatic carbocycles. The smallest absolute Gasteiger partial charge is 0.337 e. The Bertz CT molecular complexity index is 1340. The molecule has 1 aromatic heterocycles. The molecule has 2 aliphatic heterocycles. The van der Waals surface area contributed by atoms with Crippen LogP contribution in [0, 0.1) is 5.41 Å². The summed E-state index contributed by atoms with van der Waals surface area (Å²) in [6.07, 6.45) is -1.79. The number of piperazine rings is 1. The number of urea groups is 1. The highest BCUT2D eigenvalue weighted by molar-refractivity contribution is 5.76. The average Bonchev–Trinajstić information content (AvgIpc) is 2.85. The van der Waals surface area contributed by atoms with E-state index in [-0.39, 0.29) is 41.1 Å². The molecule has 10 heteroatoms. The number of benzene rings is 1. The van der Waals surface area contributed by atoms with Crippen LogP contribution in [-0.2, 0) is 12.7 Å². The van der Waals surface area contributed by atoms with Crippen LogP contribution in [0.5, 0.6) is 0 Å². The van der Waals surface area contributed by atoms with Crippen molar-refractivity contribution in [1.82, 2.24) is 25.1 Å². The van der Waals surface area contributed by atoms with Crippen molar-refractivity contribution in [3.8, 4) is 0 Å². The Kier molecular flexibility index (Phi) is 4.28. The van der Waals surface area contributed by atoms with Crippen molar-refractivity contribution in [2.45, 2.75) is 57.5 Å². The fourth-order valence-electron chi connectivity index (χ4n) is 5.42. The number of nitrogens with zero attached hydrogens (tertiary/aromatic N) is 5. The number of carbonyl (C=O) groups is 1. The lowest BCUT2D eigenvalue weighted by molar-refractivity contribution is -0.138. The van der Waals surface area contributed by atoms with Crippen molar-refractivity contribution in [3.05, 3.63) is 53.7 Å². The second-order valence-electron chi connectivity index (χ2n) is 9.80. The highest BCUT2D eigenvalue weighted by Gasteiger charge is 2.52. The third-order valence-corrected chi connectivity index (χ3v) is 6.91. The lowest BCUT2D eigenvalue weighted by atomic mass is 9.60. The molecule has 35 heavy (non-hydrogen) atoms. The van der Waals surface area contributed by atoms with Crippen molar-refractivity contribution in [2.24, 2.45) is 5.41 Å². The Balaban J connectivity index is 1.15. The first-order chi connectivity index (χ1) is 19.4. The molecular weight excluding hydrogens is 457 g/mol. The summed E-state index contributed by atoms with van der Waals surface area (Å²) >= 11 is 0. The molecule has 1 aliphatic carbocycles. The maximum absolute atomic E-state index is 13.2. The fraction of sp³-hybridized carbons (Fsp3) is 0.560. The van der Waals surface area contributed by atoms with Gasteiger partial charge in [0.15, 0.2) is 0 Å². The number of halogens is 3. The first-order valence-corrected chi connectivity index (χ1v) is 11.5. The third-order valence-electron chi connectivity index (χ3n) is 6.91. The summed E-state index contributed by atoms with van der Waals surface area (Å²) in [5, 5.41) is 3.04. The Labute approximate surface area is 213 Å². The van der Waals surface area contributed by atoms with Crippen LogP contribution in [0.15, 0.2) is 42.6 Å². The van der Waals surface area contributed by atoms with E-state index in [4.69, 9.17) is 9.60 Å². The van der Waals surface area contributed by atoms with Gasteiger partial charge in [0.05, 0.1) is 12.4 Å². The molecule has 2 saturated heterocycles. The number of nitrogens with one attached hydrogen (secondary N) is 1. The van der Waals surface area contributed by atoms with Crippen LogP contribution in [0.1, 0.15) is 47.4 Å². The van der Waals surface area contributed by atoms with Gasteiger partial charge in [0.1, 0.15) is 0 Å². The second-order valence-corrected chi connectivity index (χ2v) is 9.80. The van der Waals surface area contributed by atoms with E-state index in [1.54, 1.807) is 9.80 Å². The summed E-state index contributed by atoms with van der Waals surface area (Å²) < 4.78 is 95.5. The molecule has 2 amide bonds. The van der Waals surface area contributed by atoms with Gasteiger partial charge in [0.25, 0.3) is 0 Å². The highest BCUT2D eigenvalue weighted by atomic mass is 19.4. The van der Waals surface area contributed by atoms with Crippen molar-refractivity contribution < 1.29 is 27.6 Å². The fourth-order valence-corrected chi connectivity index (χ4v) is 5.42. The van der Waals surface area contributed by atoms with Gasteiger partial charge in [-0.05, 0) is 37.7 Å². The van der Waals surface area contributed by atoms with Gasteiger partial charge in [-0.25, -0.2) is 14.8 Å². The zero-order chi connectivity index (χ0) is 30.9. The largest absolute Gasteiger partial charge is 0.419 e. The molecule has 1 N–H and O–H groups in total. The number of hydrogen-bond acceptors (Lipinski definition) is 5. The van der Waals surface area contributed by atoms with Crippen LogP contribution in [0.2, 0.25) is 0 Å². The summed E-state index contributed by atoms with van der Waals surface area (Å²) in [5.74, 6) is 0.167. The molecule has 1 spiro atoms. The van der Waals surface area contributed by atoms with Crippen molar-refractivity contribution in [2.75, 3.05) is 31.1 Å². The number of aromatic nitrogens is 2. The Hall–Kier alpha value is -2.88. The Morgan fingerprint density at radius 3 is 2.31 bits per heavy atom. The van der Waals surface area contributed by atoms with E-state index < -0.39 is 48.4 Å². The van der Waals surface area contributed by atoms with Gasteiger partial charge in [-0.15, -0.1) is 0 Å². The normalized spacial score (nSPS) is 28.0. The number of amides is 2. The first kappa shape index (κ1) is 16.7. The average molecular weight is 496 g/mol. The molecule has 3 aliphatic rings. The molecule has 0 unspecified atom stereocenters. The van der Waals surface area contributed by atoms with Crippen LogP contribution < -0.4 is 10.2 Å². The van der Waals surface area contributed by atoms with Crippen LogP contribution >= 0.6 is 0 Å². The molecule has 5 rings (SSSR count). The number of likely N-dealkylation sites (tertiary alicyclic amines) is 1. The quantitative estimate of drug-likeness (QED) is 0.700. The van der Waals surface area contributed by atoms with Gasteiger partial charge in [0, 0.05) is 65.9 Å².